The van der Waals surface area contributed by atoms with Gasteiger partial charge in [-0.25, -0.2) is 0 Å². The number of ether oxygens (including phenoxy) is 1. The van der Waals surface area contributed by atoms with Crippen molar-refractivity contribution >= 4 is 22.4 Å². The standard InChI is InChI=1S/C17H19ClO/c1-19-16-11-10-15(13-8-4-5-9-14(13)16)17(18)12-6-2-3-7-12/h4-5,8-12,17H,2-3,6-7H2,1H3. The second-order valence-electron chi connectivity index (χ2n) is 5.35. The van der Waals surface area contributed by atoms with Crippen LogP contribution in [-0.4, -0.2) is 7.11 Å². The predicted molar refractivity (Wildman–Crippen MR) is 81.1 cm³/mol. The Morgan fingerprint density at radius 1 is 1.05 bits per heavy atom. The molecular weight excluding hydrogens is 256 g/mol. The highest BCUT2D eigenvalue weighted by Crippen LogP contribution is 2.43. The zero-order valence-electron chi connectivity index (χ0n) is 11.2. The highest BCUT2D eigenvalue weighted by molar-refractivity contribution is 6.22. The molecule has 3 rings (SSSR count). The van der Waals surface area contributed by atoms with Crippen molar-refractivity contribution in [3.63, 3.8) is 0 Å². The fraction of sp³-hybridized carbons (Fsp3) is 0.412. The lowest BCUT2D eigenvalue weighted by molar-refractivity contribution is 0.419. The molecule has 0 saturated heterocycles. The molecule has 0 heterocycles. The zero-order chi connectivity index (χ0) is 13.2. The lowest BCUT2D eigenvalue weighted by Crippen LogP contribution is -2.04. The second kappa shape index (κ2) is 5.42. The minimum Gasteiger partial charge on any atom is -0.496 e. The summed E-state index contributed by atoms with van der Waals surface area (Å²) in [4.78, 5) is 0. The average molecular weight is 275 g/mol. The van der Waals surface area contributed by atoms with Gasteiger partial charge < -0.3 is 4.74 Å². The maximum Gasteiger partial charge on any atom is 0.126 e. The van der Waals surface area contributed by atoms with Crippen LogP contribution in [0.15, 0.2) is 36.4 Å². The molecule has 1 aliphatic carbocycles. The summed E-state index contributed by atoms with van der Waals surface area (Å²) in [6.45, 7) is 0. The monoisotopic (exact) mass is 274 g/mol. The fourth-order valence-electron chi connectivity index (χ4n) is 3.22. The molecule has 0 N–H and O–H groups in total. The van der Waals surface area contributed by atoms with Crippen molar-refractivity contribution in [1.29, 1.82) is 0 Å². The normalized spacial score (nSPS) is 17.8. The van der Waals surface area contributed by atoms with E-state index in [0.717, 1.165) is 11.1 Å². The predicted octanol–water partition coefficient (Wildman–Crippen LogP) is 5.32. The summed E-state index contributed by atoms with van der Waals surface area (Å²) in [5, 5.41) is 2.51. The molecule has 1 fully saturated rings. The van der Waals surface area contributed by atoms with Crippen LogP contribution in [0.2, 0.25) is 0 Å². The van der Waals surface area contributed by atoms with Crippen LogP contribution in [0.5, 0.6) is 5.75 Å². The van der Waals surface area contributed by atoms with Crippen LogP contribution in [0, 0.1) is 5.92 Å². The van der Waals surface area contributed by atoms with Gasteiger partial charge in [0.1, 0.15) is 5.75 Å². The van der Waals surface area contributed by atoms with E-state index in [9.17, 15) is 0 Å². The molecule has 2 heteroatoms. The summed E-state index contributed by atoms with van der Waals surface area (Å²) < 4.78 is 5.44. The van der Waals surface area contributed by atoms with E-state index in [2.05, 4.69) is 24.3 Å². The first-order valence-electron chi connectivity index (χ1n) is 7.01. The van der Waals surface area contributed by atoms with Crippen LogP contribution < -0.4 is 4.74 Å². The quantitative estimate of drug-likeness (QED) is 0.689. The lowest BCUT2D eigenvalue weighted by Gasteiger charge is -2.20. The number of fused-ring (bicyclic) bond motifs is 1. The van der Waals surface area contributed by atoms with Crippen molar-refractivity contribution in [3.8, 4) is 5.75 Å². The molecule has 1 aliphatic rings. The molecule has 1 unspecified atom stereocenters. The minimum absolute atomic E-state index is 0.123. The second-order valence-corrected chi connectivity index (χ2v) is 5.82. The molecule has 0 amide bonds. The number of rotatable bonds is 3. The fourth-order valence-corrected chi connectivity index (χ4v) is 3.66. The van der Waals surface area contributed by atoms with Gasteiger partial charge in [0, 0.05) is 5.39 Å². The number of hydrogen-bond acceptors (Lipinski definition) is 1. The molecule has 0 bridgehead atoms. The third-order valence-electron chi connectivity index (χ3n) is 4.25. The molecule has 0 aliphatic heterocycles. The molecule has 2 aromatic rings. The molecule has 0 spiro atoms. The van der Waals surface area contributed by atoms with E-state index < -0.39 is 0 Å². The molecular formula is C17H19ClO. The van der Waals surface area contributed by atoms with E-state index in [0.29, 0.717) is 5.92 Å². The van der Waals surface area contributed by atoms with Crippen molar-refractivity contribution in [2.24, 2.45) is 5.92 Å². The number of benzene rings is 2. The minimum atomic E-state index is 0.123. The van der Waals surface area contributed by atoms with Gasteiger partial charge >= 0.3 is 0 Å². The summed E-state index contributed by atoms with van der Waals surface area (Å²) in [5.74, 6) is 1.55. The van der Waals surface area contributed by atoms with Gasteiger partial charge in [-0.1, -0.05) is 43.2 Å². The molecule has 0 aromatic heterocycles. The average Bonchev–Trinajstić information content (AvgIpc) is 2.99. The van der Waals surface area contributed by atoms with E-state index in [1.807, 2.05) is 12.1 Å². The topological polar surface area (TPSA) is 9.23 Å². The Morgan fingerprint density at radius 2 is 1.74 bits per heavy atom. The summed E-state index contributed by atoms with van der Waals surface area (Å²) in [7, 11) is 1.72. The van der Waals surface area contributed by atoms with E-state index in [4.69, 9.17) is 16.3 Å². The van der Waals surface area contributed by atoms with Crippen molar-refractivity contribution in [2.45, 2.75) is 31.1 Å². The number of hydrogen-bond donors (Lipinski definition) is 0. The molecule has 1 nitrogen and oxygen atoms in total. The largest absolute Gasteiger partial charge is 0.496 e. The Morgan fingerprint density at radius 3 is 2.42 bits per heavy atom. The summed E-state index contributed by atoms with van der Waals surface area (Å²) >= 11 is 6.75. The summed E-state index contributed by atoms with van der Waals surface area (Å²) in [6, 6.07) is 12.6. The van der Waals surface area contributed by atoms with E-state index in [1.54, 1.807) is 7.11 Å². The van der Waals surface area contributed by atoms with Crippen molar-refractivity contribution < 1.29 is 4.74 Å². The van der Waals surface area contributed by atoms with Crippen LogP contribution in [-0.2, 0) is 0 Å². The summed E-state index contributed by atoms with van der Waals surface area (Å²) in [6.07, 6.45) is 5.16. The van der Waals surface area contributed by atoms with E-state index in [-0.39, 0.29) is 5.38 Å². The first-order chi connectivity index (χ1) is 9.31. The Bertz CT molecular complexity index is 572. The third-order valence-corrected chi connectivity index (χ3v) is 4.84. The smallest absolute Gasteiger partial charge is 0.126 e. The highest BCUT2D eigenvalue weighted by atomic mass is 35.5. The molecule has 100 valence electrons. The van der Waals surface area contributed by atoms with Gasteiger partial charge in [-0.05, 0) is 35.8 Å². The van der Waals surface area contributed by atoms with Crippen LogP contribution in [0.3, 0.4) is 0 Å². The van der Waals surface area contributed by atoms with Gasteiger partial charge in [0.2, 0.25) is 0 Å². The molecule has 0 radical (unpaired) electrons. The van der Waals surface area contributed by atoms with Gasteiger partial charge in [-0.15, -0.1) is 11.6 Å². The van der Waals surface area contributed by atoms with Crippen molar-refractivity contribution in [1.82, 2.24) is 0 Å². The van der Waals surface area contributed by atoms with Gasteiger partial charge in [-0.3, -0.25) is 0 Å². The molecule has 1 atom stereocenters. The number of alkyl halides is 1. The number of methoxy groups -OCH3 is 1. The maximum atomic E-state index is 6.75. The Hall–Kier alpha value is -1.21. The molecule has 2 aromatic carbocycles. The van der Waals surface area contributed by atoms with Gasteiger partial charge in [0.05, 0.1) is 12.5 Å². The first kappa shape index (κ1) is 12.8. The first-order valence-corrected chi connectivity index (χ1v) is 7.44. The lowest BCUT2D eigenvalue weighted by atomic mass is 9.93. The number of halogens is 1. The van der Waals surface area contributed by atoms with Gasteiger partial charge in [0.25, 0.3) is 0 Å². The zero-order valence-corrected chi connectivity index (χ0v) is 12.0. The maximum absolute atomic E-state index is 6.75. The van der Waals surface area contributed by atoms with Crippen LogP contribution >= 0.6 is 11.6 Å². The van der Waals surface area contributed by atoms with Gasteiger partial charge in [-0.2, -0.15) is 0 Å². The Balaban J connectivity index is 2.08. The third kappa shape index (κ3) is 2.32. The Labute approximate surface area is 119 Å². The molecule has 19 heavy (non-hydrogen) atoms. The summed E-state index contributed by atoms with van der Waals surface area (Å²) in [5.41, 5.74) is 1.25. The van der Waals surface area contributed by atoms with Crippen LogP contribution in [0.25, 0.3) is 10.8 Å². The van der Waals surface area contributed by atoms with Crippen LogP contribution in [0.1, 0.15) is 36.6 Å². The van der Waals surface area contributed by atoms with Crippen molar-refractivity contribution in [3.05, 3.63) is 42.0 Å². The SMILES string of the molecule is COc1ccc(C(Cl)C2CCCC2)c2ccccc12. The Kier molecular flexibility index (Phi) is 3.65. The van der Waals surface area contributed by atoms with Crippen molar-refractivity contribution in [2.75, 3.05) is 7.11 Å². The van der Waals surface area contributed by atoms with E-state index >= 15 is 0 Å². The molecule has 1 saturated carbocycles. The highest BCUT2D eigenvalue weighted by Gasteiger charge is 2.26. The van der Waals surface area contributed by atoms with E-state index in [1.165, 1.54) is 36.6 Å². The van der Waals surface area contributed by atoms with Crippen LogP contribution in [0.4, 0.5) is 0 Å². The van der Waals surface area contributed by atoms with Gasteiger partial charge in [0.15, 0.2) is 0 Å².